The molecule has 1 aromatic carbocycles. The third-order valence-corrected chi connectivity index (χ3v) is 4.62. The molecule has 2 N–H and O–H groups in total. The number of aryl methyl sites for hydroxylation is 1. The Hall–Kier alpha value is -2.08. The molecule has 24 heavy (non-hydrogen) atoms. The number of aliphatic hydroxyl groups excluding tert-OH is 1. The molecule has 0 radical (unpaired) electrons. The highest BCUT2D eigenvalue weighted by atomic mass is 16.5. The van der Waals surface area contributed by atoms with Crippen LogP contribution in [0.2, 0.25) is 0 Å². The minimum absolute atomic E-state index is 0.0216. The standard InChI is InChI=1S/C18H26N2O4/c1-4-13-7-9-15(10-8-13)24-12-14(21)11-20-16(22)18(5-2,6-3)19-17(20)23/h7-10,14,21H,4-6,11-12H2,1-3H3,(H,19,23)/t14-/m0/s1. The fourth-order valence-corrected chi connectivity index (χ4v) is 2.85. The van der Waals surface area contributed by atoms with E-state index in [2.05, 4.69) is 12.2 Å². The smallest absolute Gasteiger partial charge is 0.325 e. The van der Waals surface area contributed by atoms with E-state index in [-0.39, 0.29) is 19.1 Å². The summed E-state index contributed by atoms with van der Waals surface area (Å²) in [7, 11) is 0. The van der Waals surface area contributed by atoms with Crippen LogP contribution in [0, 0.1) is 0 Å². The van der Waals surface area contributed by atoms with Gasteiger partial charge < -0.3 is 15.2 Å². The van der Waals surface area contributed by atoms with Gasteiger partial charge in [-0.05, 0) is 37.0 Å². The first-order valence-corrected chi connectivity index (χ1v) is 8.49. The maximum absolute atomic E-state index is 12.5. The van der Waals surface area contributed by atoms with Gasteiger partial charge >= 0.3 is 6.03 Å². The Morgan fingerprint density at radius 1 is 1.17 bits per heavy atom. The lowest BCUT2D eigenvalue weighted by Gasteiger charge is -2.24. The van der Waals surface area contributed by atoms with Crippen LogP contribution < -0.4 is 10.1 Å². The number of carbonyl (C=O) groups is 2. The maximum atomic E-state index is 12.5. The summed E-state index contributed by atoms with van der Waals surface area (Å²) < 4.78 is 5.53. The summed E-state index contributed by atoms with van der Waals surface area (Å²) >= 11 is 0. The van der Waals surface area contributed by atoms with Crippen molar-refractivity contribution in [2.45, 2.75) is 51.7 Å². The van der Waals surface area contributed by atoms with Crippen LogP contribution in [-0.4, -0.2) is 46.7 Å². The molecule has 0 bridgehead atoms. The van der Waals surface area contributed by atoms with E-state index in [4.69, 9.17) is 4.74 Å². The summed E-state index contributed by atoms with van der Waals surface area (Å²) in [6.07, 6.45) is 1.07. The fourth-order valence-electron chi connectivity index (χ4n) is 2.85. The number of amides is 3. The molecule has 0 unspecified atom stereocenters. The molecule has 1 saturated heterocycles. The Bertz CT molecular complexity index is 581. The normalized spacial score (nSPS) is 17.8. The zero-order valence-electron chi connectivity index (χ0n) is 14.5. The molecule has 6 nitrogen and oxygen atoms in total. The van der Waals surface area contributed by atoms with Crippen molar-refractivity contribution in [1.29, 1.82) is 0 Å². The molecule has 3 amide bonds. The second-order valence-electron chi connectivity index (χ2n) is 6.10. The summed E-state index contributed by atoms with van der Waals surface area (Å²) in [4.78, 5) is 25.6. The number of rotatable bonds is 8. The molecule has 1 aliphatic rings. The van der Waals surface area contributed by atoms with Crippen molar-refractivity contribution in [3.63, 3.8) is 0 Å². The Morgan fingerprint density at radius 3 is 2.29 bits per heavy atom. The van der Waals surface area contributed by atoms with E-state index in [0.717, 1.165) is 11.3 Å². The molecular formula is C18H26N2O4. The minimum Gasteiger partial charge on any atom is -0.491 e. The van der Waals surface area contributed by atoms with Gasteiger partial charge in [-0.2, -0.15) is 0 Å². The SMILES string of the molecule is CCc1ccc(OC[C@@H](O)CN2C(=O)NC(CC)(CC)C2=O)cc1. The van der Waals surface area contributed by atoms with Crippen LogP contribution in [0.3, 0.4) is 0 Å². The van der Waals surface area contributed by atoms with Crippen LogP contribution in [0.5, 0.6) is 5.75 Å². The Morgan fingerprint density at radius 2 is 1.79 bits per heavy atom. The molecule has 132 valence electrons. The number of nitrogens with zero attached hydrogens (tertiary/aromatic N) is 1. The molecule has 0 aromatic heterocycles. The molecule has 0 saturated carbocycles. The highest BCUT2D eigenvalue weighted by molar-refractivity contribution is 6.07. The van der Waals surface area contributed by atoms with E-state index >= 15 is 0 Å². The van der Waals surface area contributed by atoms with Crippen molar-refractivity contribution in [1.82, 2.24) is 10.2 Å². The van der Waals surface area contributed by atoms with Crippen molar-refractivity contribution in [2.75, 3.05) is 13.2 Å². The number of ether oxygens (including phenoxy) is 1. The van der Waals surface area contributed by atoms with E-state index in [1.807, 2.05) is 38.1 Å². The quantitative estimate of drug-likeness (QED) is 0.714. The summed E-state index contributed by atoms with van der Waals surface area (Å²) in [5.41, 5.74) is 0.367. The number of β-amino-alcohol motifs (C(OH)–C–C–N with tert-alkyl or cyclic N) is 1. The number of nitrogens with one attached hydrogen (secondary N) is 1. The summed E-state index contributed by atoms with van der Waals surface area (Å²) in [5.74, 6) is 0.378. The number of hydrogen-bond acceptors (Lipinski definition) is 4. The summed E-state index contributed by atoms with van der Waals surface area (Å²) in [6.45, 7) is 5.76. The molecule has 1 fully saturated rings. The lowest BCUT2D eigenvalue weighted by Crippen LogP contribution is -2.46. The largest absolute Gasteiger partial charge is 0.491 e. The number of aliphatic hydroxyl groups is 1. The number of carbonyl (C=O) groups excluding carboxylic acids is 2. The molecular weight excluding hydrogens is 308 g/mol. The average Bonchev–Trinajstić information content (AvgIpc) is 2.85. The van der Waals surface area contributed by atoms with E-state index in [9.17, 15) is 14.7 Å². The fraction of sp³-hybridized carbons (Fsp3) is 0.556. The maximum Gasteiger partial charge on any atom is 0.325 e. The van der Waals surface area contributed by atoms with Crippen molar-refractivity contribution < 1.29 is 19.4 Å². The van der Waals surface area contributed by atoms with Gasteiger partial charge in [-0.25, -0.2) is 4.79 Å². The van der Waals surface area contributed by atoms with Crippen molar-refractivity contribution in [3.05, 3.63) is 29.8 Å². The van der Waals surface area contributed by atoms with Gasteiger partial charge in [0.25, 0.3) is 5.91 Å². The number of hydrogen-bond donors (Lipinski definition) is 2. The predicted molar refractivity (Wildman–Crippen MR) is 90.9 cm³/mol. The van der Waals surface area contributed by atoms with E-state index in [1.54, 1.807) is 0 Å². The second kappa shape index (κ2) is 7.66. The third kappa shape index (κ3) is 3.70. The molecule has 1 aliphatic heterocycles. The van der Waals surface area contributed by atoms with Gasteiger partial charge in [-0.3, -0.25) is 9.69 Å². The minimum atomic E-state index is -0.935. The Labute approximate surface area is 142 Å². The van der Waals surface area contributed by atoms with Gasteiger partial charge in [0.2, 0.25) is 0 Å². The van der Waals surface area contributed by atoms with Crippen LogP contribution in [0.1, 0.15) is 39.2 Å². The van der Waals surface area contributed by atoms with Crippen molar-refractivity contribution in [3.8, 4) is 5.75 Å². The van der Waals surface area contributed by atoms with Crippen molar-refractivity contribution in [2.24, 2.45) is 0 Å². The lowest BCUT2D eigenvalue weighted by molar-refractivity contribution is -0.132. The van der Waals surface area contributed by atoms with Gasteiger partial charge in [-0.1, -0.05) is 32.9 Å². The van der Waals surface area contributed by atoms with Crippen LogP contribution in [0.25, 0.3) is 0 Å². The van der Waals surface area contributed by atoms with Gasteiger partial charge in [0.05, 0.1) is 6.54 Å². The monoisotopic (exact) mass is 334 g/mol. The van der Waals surface area contributed by atoms with E-state index in [0.29, 0.717) is 18.6 Å². The number of benzene rings is 1. The van der Waals surface area contributed by atoms with Crippen LogP contribution in [0.15, 0.2) is 24.3 Å². The average molecular weight is 334 g/mol. The lowest BCUT2D eigenvalue weighted by atomic mass is 9.93. The Kier molecular flexibility index (Phi) is 5.83. The van der Waals surface area contributed by atoms with Crippen molar-refractivity contribution >= 4 is 11.9 Å². The van der Waals surface area contributed by atoms with E-state index < -0.39 is 17.7 Å². The van der Waals surface area contributed by atoms with Gasteiger partial charge in [-0.15, -0.1) is 0 Å². The first kappa shape index (κ1) is 18.3. The zero-order valence-corrected chi connectivity index (χ0v) is 14.5. The highest BCUT2D eigenvalue weighted by Crippen LogP contribution is 2.25. The van der Waals surface area contributed by atoms with Crippen LogP contribution in [0.4, 0.5) is 4.79 Å². The highest BCUT2D eigenvalue weighted by Gasteiger charge is 2.48. The van der Waals surface area contributed by atoms with Crippen LogP contribution in [-0.2, 0) is 11.2 Å². The Balaban J connectivity index is 1.90. The summed E-state index contributed by atoms with van der Waals surface area (Å²) in [5, 5.41) is 12.9. The molecule has 1 heterocycles. The molecule has 6 heteroatoms. The number of urea groups is 1. The first-order valence-electron chi connectivity index (χ1n) is 8.49. The number of imide groups is 1. The second-order valence-corrected chi connectivity index (χ2v) is 6.10. The van der Waals surface area contributed by atoms with Crippen LogP contribution >= 0.6 is 0 Å². The topological polar surface area (TPSA) is 78.9 Å². The van der Waals surface area contributed by atoms with Gasteiger partial charge in [0.15, 0.2) is 0 Å². The van der Waals surface area contributed by atoms with E-state index in [1.165, 1.54) is 5.56 Å². The molecule has 2 rings (SSSR count). The molecule has 0 aliphatic carbocycles. The molecule has 1 atom stereocenters. The third-order valence-electron chi connectivity index (χ3n) is 4.62. The molecule has 0 spiro atoms. The van der Waals surface area contributed by atoms with Gasteiger partial charge in [0.1, 0.15) is 24.0 Å². The zero-order chi connectivity index (χ0) is 17.7. The van der Waals surface area contributed by atoms with Gasteiger partial charge in [0, 0.05) is 0 Å². The predicted octanol–water partition coefficient (Wildman–Crippen LogP) is 2.10. The molecule has 1 aromatic rings. The first-order chi connectivity index (χ1) is 11.5. The summed E-state index contributed by atoms with van der Waals surface area (Å²) in [6, 6.07) is 7.18.